The fourth-order valence-corrected chi connectivity index (χ4v) is 3.26. The van der Waals surface area contributed by atoms with E-state index in [4.69, 9.17) is 9.47 Å². The lowest BCUT2D eigenvalue weighted by molar-refractivity contribution is -0.111. The van der Waals surface area contributed by atoms with Crippen molar-refractivity contribution in [2.45, 2.75) is 12.8 Å². The molecule has 1 saturated carbocycles. The van der Waals surface area contributed by atoms with Gasteiger partial charge in [-0.05, 0) is 48.8 Å². The van der Waals surface area contributed by atoms with E-state index in [2.05, 4.69) is 17.0 Å². The van der Waals surface area contributed by atoms with Gasteiger partial charge >= 0.3 is 0 Å². The van der Waals surface area contributed by atoms with Crippen molar-refractivity contribution < 1.29 is 14.3 Å². The van der Waals surface area contributed by atoms with Crippen LogP contribution in [0.5, 0.6) is 11.5 Å². The standard InChI is InChI=1S/C23H25NO3/c1-24(2)20-12-8-16(9-13-20)14-17-10-11-18(22(17)25)15-19-6-5-7-21(26-3)23(19)27-4/h5-9,12-15H,10-11H2,1-4H3/b17-14+,18-15+. The van der Waals surface area contributed by atoms with Gasteiger partial charge in [0.25, 0.3) is 0 Å². The molecule has 0 radical (unpaired) electrons. The number of para-hydroxylation sites is 1. The largest absolute Gasteiger partial charge is 0.493 e. The number of ketones is 1. The van der Waals surface area contributed by atoms with E-state index in [1.807, 2.05) is 56.6 Å². The Morgan fingerprint density at radius 3 is 2.15 bits per heavy atom. The number of carbonyl (C=O) groups is 1. The molecule has 1 aliphatic rings. The molecule has 0 spiro atoms. The zero-order valence-corrected chi connectivity index (χ0v) is 16.3. The van der Waals surface area contributed by atoms with Crippen molar-refractivity contribution in [3.05, 3.63) is 64.7 Å². The highest BCUT2D eigenvalue weighted by Gasteiger charge is 2.23. The van der Waals surface area contributed by atoms with Crippen LogP contribution in [0.1, 0.15) is 24.0 Å². The number of carbonyl (C=O) groups excluding carboxylic acids is 1. The van der Waals surface area contributed by atoms with E-state index in [0.717, 1.165) is 40.8 Å². The molecule has 0 aromatic heterocycles. The van der Waals surface area contributed by atoms with Crippen molar-refractivity contribution in [3.63, 3.8) is 0 Å². The van der Waals surface area contributed by atoms with Gasteiger partial charge in [-0.25, -0.2) is 0 Å². The minimum atomic E-state index is 0.108. The van der Waals surface area contributed by atoms with Crippen LogP contribution in [-0.2, 0) is 4.79 Å². The predicted octanol–water partition coefficient (Wildman–Crippen LogP) is 4.60. The Hall–Kier alpha value is -3.01. The highest BCUT2D eigenvalue weighted by Crippen LogP contribution is 2.35. The molecule has 3 rings (SSSR count). The molecule has 27 heavy (non-hydrogen) atoms. The SMILES string of the molecule is COc1cccc(/C=C2\CC/C(=C\c3ccc(N(C)C)cc3)C2=O)c1OC. The number of methoxy groups -OCH3 is 2. The third-order valence-corrected chi connectivity index (χ3v) is 4.76. The molecule has 4 nitrogen and oxygen atoms in total. The summed E-state index contributed by atoms with van der Waals surface area (Å²) < 4.78 is 10.8. The lowest BCUT2D eigenvalue weighted by atomic mass is 10.1. The van der Waals surface area contributed by atoms with Gasteiger partial charge in [-0.15, -0.1) is 0 Å². The highest BCUT2D eigenvalue weighted by atomic mass is 16.5. The molecule has 1 fully saturated rings. The van der Waals surface area contributed by atoms with Gasteiger partial charge in [-0.2, -0.15) is 0 Å². The lowest BCUT2D eigenvalue weighted by Crippen LogP contribution is -2.07. The first kappa shape index (κ1) is 18.8. The Kier molecular flexibility index (Phi) is 5.65. The van der Waals surface area contributed by atoms with E-state index in [1.54, 1.807) is 14.2 Å². The summed E-state index contributed by atoms with van der Waals surface area (Å²) in [6, 6.07) is 13.9. The van der Waals surface area contributed by atoms with Gasteiger partial charge in [0, 0.05) is 36.5 Å². The minimum absolute atomic E-state index is 0.108. The second-order valence-corrected chi connectivity index (χ2v) is 6.74. The molecule has 0 bridgehead atoms. The monoisotopic (exact) mass is 363 g/mol. The maximum absolute atomic E-state index is 12.8. The zero-order valence-electron chi connectivity index (χ0n) is 16.3. The second kappa shape index (κ2) is 8.12. The van der Waals surface area contributed by atoms with E-state index >= 15 is 0 Å². The van der Waals surface area contributed by atoms with Gasteiger partial charge < -0.3 is 14.4 Å². The Morgan fingerprint density at radius 1 is 0.889 bits per heavy atom. The van der Waals surface area contributed by atoms with E-state index in [-0.39, 0.29) is 5.78 Å². The molecule has 0 saturated heterocycles. The maximum Gasteiger partial charge on any atom is 0.185 e. The van der Waals surface area contributed by atoms with Crippen LogP contribution in [0.2, 0.25) is 0 Å². The topological polar surface area (TPSA) is 38.8 Å². The van der Waals surface area contributed by atoms with Crippen LogP contribution in [0.3, 0.4) is 0 Å². The fraction of sp³-hybridized carbons (Fsp3) is 0.261. The number of hydrogen-bond acceptors (Lipinski definition) is 4. The van der Waals surface area contributed by atoms with Gasteiger partial charge in [0.2, 0.25) is 0 Å². The van der Waals surface area contributed by atoms with Crippen molar-refractivity contribution >= 4 is 23.6 Å². The van der Waals surface area contributed by atoms with Crippen LogP contribution in [0.15, 0.2) is 53.6 Å². The molecule has 0 N–H and O–H groups in total. The molecule has 140 valence electrons. The molecule has 0 aliphatic heterocycles. The first-order chi connectivity index (χ1) is 13.0. The summed E-state index contributed by atoms with van der Waals surface area (Å²) in [5.41, 5.74) is 4.69. The van der Waals surface area contributed by atoms with Crippen molar-refractivity contribution in [1.82, 2.24) is 0 Å². The zero-order chi connectivity index (χ0) is 19.4. The van der Waals surface area contributed by atoms with Crippen molar-refractivity contribution in [3.8, 4) is 11.5 Å². The molecule has 2 aromatic carbocycles. The van der Waals surface area contributed by atoms with Crippen LogP contribution >= 0.6 is 0 Å². The Balaban J connectivity index is 1.85. The number of anilines is 1. The average molecular weight is 363 g/mol. The van der Waals surface area contributed by atoms with Crippen LogP contribution < -0.4 is 14.4 Å². The summed E-state index contributed by atoms with van der Waals surface area (Å²) in [5.74, 6) is 1.42. The Morgan fingerprint density at radius 2 is 1.56 bits per heavy atom. The number of nitrogens with zero attached hydrogens (tertiary/aromatic N) is 1. The number of rotatable bonds is 5. The molecular weight excluding hydrogens is 338 g/mol. The van der Waals surface area contributed by atoms with Crippen molar-refractivity contribution in [2.24, 2.45) is 0 Å². The average Bonchev–Trinajstić information content (AvgIpc) is 3.01. The first-order valence-electron chi connectivity index (χ1n) is 8.97. The highest BCUT2D eigenvalue weighted by molar-refractivity contribution is 6.15. The van der Waals surface area contributed by atoms with Gasteiger partial charge in [0.1, 0.15) is 0 Å². The van der Waals surface area contributed by atoms with Gasteiger partial charge in [-0.1, -0.05) is 24.3 Å². The summed E-state index contributed by atoms with van der Waals surface area (Å²) in [4.78, 5) is 14.9. The summed E-state index contributed by atoms with van der Waals surface area (Å²) >= 11 is 0. The number of benzene rings is 2. The van der Waals surface area contributed by atoms with Crippen LogP contribution in [0.4, 0.5) is 5.69 Å². The molecular formula is C23H25NO3. The van der Waals surface area contributed by atoms with Crippen LogP contribution in [0.25, 0.3) is 12.2 Å². The smallest absolute Gasteiger partial charge is 0.185 e. The van der Waals surface area contributed by atoms with Crippen molar-refractivity contribution in [2.75, 3.05) is 33.2 Å². The third-order valence-electron chi connectivity index (χ3n) is 4.76. The van der Waals surface area contributed by atoms with Gasteiger partial charge in [0.05, 0.1) is 14.2 Å². The Bertz CT molecular complexity index is 892. The lowest BCUT2D eigenvalue weighted by Gasteiger charge is -2.12. The molecule has 2 aromatic rings. The predicted molar refractivity (Wildman–Crippen MR) is 111 cm³/mol. The van der Waals surface area contributed by atoms with E-state index in [9.17, 15) is 4.79 Å². The molecule has 4 heteroatoms. The Labute approximate surface area is 160 Å². The summed E-state index contributed by atoms with van der Waals surface area (Å²) in [5, 5.41) is 0. The summed E-state index contributed by atoms with van der Waals surface area (Å²) in [6.45, 7) is 0. The van der Waals surface area contributed by atoms with Crippen LogP contribution in [-0.4, -0.2) is 34.1 Å². The third kappa shape index (κ3) is 4.05. The molecule has 0 unspecified atom stereocenters. The first-order valence-corrected chi connectivity index (χ1v) is 8.97. The summed E-state index contributed by atoms with van der Waals surface area (Å²) in [7, 11) is 7.24. The minimum Gasteiger partial charge on any atom is -0.493 e. The quantitative estimate of drug-likeness (QED) is 0.728. The van der Waals surface area contributed by atoms with E-state index in [0.29, 0.717) is 11.5 Å². The summed E-state index contributed by atoms with van der Waals surface area (Å²) in [6.07, 6.45) is 5.40. The fourth-order valence-electron chi connectivity index (χ4n) is 3.26. The van der Waals surface area contributed by atoms with Crippen LogP contribution in [0, 0.1) is 0 Å². The maximum atomic E-state index is 12.8. The number of hydrogen-bond donors (Lipinski definition) is 0. The van der Waals surface area contributed by atoms with Crippen molar-refractivity contribution in [1.29, 1.82) is 0 Å². The van der Waals surface area contributed by atoms with Gasteiger partial charge in [0.15, 0.2) is 17.3 Å². The van der Waals surface area contributed by atoms with E-state index in [1.165, 1.54) is 0 Å². The normalized spacial score (nSPS) is 16.8. The second-order valence-electron chi connectivity index (χ2n) is 6.74. The van der Waals surface area contributed by atoms with E-state index < -0.39 is 0 Å². The molecule has 0 heterocycles. The van der Waals surface area contributed by atoms with Gasteiger partial charge in [-0.3, -0.25) is 4.79 Å². The molecule has 0 atom stereocenters. The number of ether oxygens (including phenoxy) is 2. The number of allylic oxidation sites excluding steroid dienone is 2. The molecule has 0 amide bonds. The molecule has 1 aliphatic carbocycles. The number of Topliss-reactive ketones (excluding diaryl/α,β-unsaturated/α-hetero) is 1.